The lowest BCUT2D eigenvalue weighted by molar-refractivity contribution is -0.111. The molecule has 0 saturated heterocycles. The van der Waals surface area contributed by atoms with Crippen LogP contribution in [-0.2, 0) is 4.79 Å². The average molecular weight is 355 g/mol. The maximum absolute atomic E-state index is 12.2. The maximum Gasteiger partial charge on any atom is 0.248 e. The third kappa shape index (κ3) is 7.16. The van der Waals surface area contributed by atoms with E-state index in [1.54, 1.807) is 17.8 Å². The van der Waals surface area contributed by atoms with Gasteiger partial charge in [-0.15, -0.1) is 11.8 Å². The summed E-state index contributed by atoms with van der Waals surface area (Å²) in [5.74, 6) is 0.923. The van der Waals surface area contributed by atoms with Crippen molar-refractivity contribution < 1.29 is 4.79 Å². The Balaban J connectivity index is 1.92. The lowest BCUT2D eigenvalue weighted by Crippen LogP contribution is -2.13. The Hall–Kier alpha value is -2.04. The molecular weight excluding hydrogens is 328 g/mol. The highest BCUT2D eigenvalue weighted by molar-refractivity contribution is 7.99. The highest BCUT2D eigenvalue weighted by Crippen LogP contribution is 2.27. The zero-order chi connectivity index (χ0) is 18.1. The average Bonchev–Trinajstić information content (AvgIpc) is 2.59. The van der Waals surface area contributed by atoms with Crippen molar-refractivity contribution in [3.63, 3.8) is 0 Å². The summed E-state index contributed by atoms with van der Waals surface area (Å²) in [6.07, 6.45) is 4.53. The summed E-state index contributed by atoms with van der Waals surface area (Å²) in [5.41, 5.74) is 3.10. The summed E-state index contributed by atoms with van der Waals surface area (Å²) in [4.78, 5) is 15.5. The Labute approximate surface area is 155 Å². The van der Waals surface area contributed by atoms with Gasteiger partial charge in [0.05, 0.1) is 5.69 Å². The second-order valence-corrected chi connectivity index (χ2v) is 7.37. The molecule has 132 valence electrons. The number of hydrogen-bond donors (Lipinski definition) is 1. The van der Waals surface area contributed by atoms with E-state index in [9.17, 15) is 4.79 Å². The Morgan fingerprint density at radius 2 is 1.84 bits per heavy atom. The van der Waals surface area contributed by atoms with Gasteiger partial charge in [0.1, 0.15) is 0 Å². The zero-order valence-electron chi connectivity index (χ0n) is 15.2. The first kappa shape index (κ1) is 19.3. The summed E-state index contributed by atoms with van der Waals surface area (Å²) in [7, 11) is 4.17. The van der Waals surface area contributed by atoms with E-state index < -0.39 is 0 Å². The van der Waals surface area contributed by atoms with Crippen LogP contribution in [0.1, 0.15) is 17.5 Å². The fourth-order valence-corrected chi connectivity index (χ4v) is 3.23. The van der Waals surface area contributed by atoms with Crippen LogP contribution in [-0.4, -0.2) is 37.2 Å². The van der Waals surface area contributed by atoms with Crippen molar-refractivity contribution in [1.29, 1.82) is 0 Å². The molecule has 2 aromatic rings. The van der Waals surface area contributed by atoms with E-state index in [2.05, 4.69) is 30.4 Å². The molecular formula is C21H26N2OS. The third-order valence-electron chi connectivity index (χ3n) is 3.66. The number of anilines is 1. The summed E-state index contributed by atoms with van der Waals surface area (Å²) >= 11 is 1.78. The summed E-state index contributed by atoms with van der Waals surface area (Å²) in [6.45, 7) is 3.12. The molecule has 0 aliphatic heterocycles. The minimum Gasteiger partial charge on any atom is -0.321 e. The van der Waals surface area contributed by atoms with Gasteiger partial charge in [-0.25, -0.2) is 0 Å². The number of benzene rings is 2. The predicted octanol–water partition coefficient (Wildman–Crippen LogP) is 4.69. The van der Waals surface area contributed by atoms with Gasteiger partial charge in [-0.3, -0.25) is 4.79 Å². The van der Waals surface area contributed by atoms with Crippen LogP contribution in [0, 0.1) is 6.92 Å². The lowest BCUT2D eigenvalue weighted by Gasteiger charge is -2.11. The molecule has 0 aliphatic rings. The molecule has 0 radical (unpaired) electrons. The first-order valence-electron chi connectivity index (χ1n) is 8.47. The van der Waals surface area contributed by atoms with Crippen molar-refractivity contribution in [2.75, 3.05) is 31.7 Å². The van der Waals surface area contributed by atoms with Crippen LogP contribution < -0.4 is 5.32 Å². The van der Waals surface area contributed by atoms with E-state index >= 15 is 0 Å². The molecule has 0 aliphatic carbocycles. The van der Waals surface area contributed by atoms with E-state index in [4.69, 9.17) is 0 Å². The van der Waals surface area contributed by atoms with Gasteiger partial charge in [0.25, 0.3) is 0 Å². The topological polar surface area (TPSA) is 32.3 Å². The molecule has 2 rings (SSSR count). The van der Waals surface area contributed by atoms with Crippen LogP contribution in [0.5, 0.6) is 0 Å². The smallest absolute Gasteiger partial charge is 0.248 e. The fraction of sp³-hybridized carbons (Fsp3) is 0.286. The van der Waals surface area contributed by atoms with E-state index in [1.807, 2.05) is 55.5 Å². The van der Waals surface area contributed by atoms with E-state index in [0.29, 0.717) is 0 Å². The monoisotopic (exact) mass is 354 g/mol. The van der Waals surface area contributed by atoms with Crippen molar-refractivity contribution in [3.8, 4) is 0 Å². The van der Waals surface area contributed by atoms with Crippen LogP contribution in [0.15, 0.2) is 59.5 Å². The van der Waals surface area contributed by atoms with Crippen molar-refractivity contribution >= 4 is 29.4 Å². The van der Waals surface area contributed by atoms with Gasteiger partial charge in [0.15, 0.2) is 0 Å². The molecule has 0 unspecified atom stereocenters. The quantitative estimate of drug-likeness (QED) is 0.424. The van der Waals surface area contributed by atoms with Gasteiger partial charge in [-0.2, -0.15) is 0 Å². The Kier molecular flexibility index (Phi) is 7.76. The van der Waals surface area contributed by atoms with Gasteiger partial charge in [-0.1, -0.05) is 42.0 Å². The van der Waals surface area contributed by atoms with Gasteiger partial charge < -0.3 is 10.2 Å². The molecule has 2 aromatic carbocycles. The van der Waals surface area contributed by atoms with Gasteiger partial charge in [0, 0.05) is 11.0 Å². The molecule has 0 saturated carbocycles. The Morgan fingerprint density at radius 3 is 2.56 bits per heavy atom. The van der Waals surface area contributed by atoms with Gasteiger partial charge in [-0.05, 0) is 63.5 Å². The minimum absolute atomic E-state index is 0.109. The first-order chi connectivity index (χ1) is 12.0. The number of aryl methyl sites for hydroxylation is 1. The van der Waals surface area contributed by atoms with Crippen molar-refractivity contribution in [2.45, 2.75) is 18.2 Å². The normalized spacial score (nSPS) is 11.2. The number of hydrogen-bond acceptors (Lipinski definition) is 3. The van der Waals surface area contributed by atoms with Gasteiger partial charge in [0.2, 0.25) is 5.91 Å². The van der Waals surface area contributed by atoms with Crippen LogP contribution in [0.2, 0.25) is 0 Å². The van der Waals surface area contributed by atoms with Gasteiger partial charge >= 0.3 is 0 Å². The molecule has 0 aromatic heterocycles. The lowest BCUT2D eigenvalue weighted by atomic mass is 10.1. The molecule has 0 bridgehead atoms. The van der Waals surface area contributed by atoms with Crippen molar-refractivity contribution in [2.24, 2.45) is 0 Å². The molecule has 0 fully saturated rings. The first-order valence-corrected chi connectivity index (χ1v) is 9.45. The number of nitrogens with one attached hydrogen (secondary N) is 1. The number of carbonyl (C=O) groups excluding carboxylic acids is 1. The Bertz CT molecular complexity index is 708. The molecule has 1 amide bonds. The second-order valence-electron chi connectivity index (χ2n) is 6.23. The fourth-order valence-electron chi connectivity index (χ4n) is 2.28. The Morgan fingerprint density at radius 1 is 1.12 bits per heavy atom. The number of amides is 1. The summed E-state index contributed by atoms with van der Waals surface area (Å²) in [6, 6.07) is 16.1. The predicted molar refractivity (Wildman–Crippen MR) is 109 cm³/mol. The number of thioether (sulfide) groups is 1. The number of rotatable bonds is 8. The molecule has 25 heavy (non-hydrogen) atoms. The molecule has 4 heteroatoms. The number of para-hydroxylation sites is 1. The SMILES string of the molecule is Cc1ccc(/C=C/C(=O)Nc2ccccc2SCCCN(C)C)cc1. The van der Waals surface area contributed by atoms with E-state index in [0.717, 1.165) is 34.9 Å². The number of carbonyl (C=O) groups is 1. The molecule has 1 N–H and O–H groups in total. The highest BCUT2D eigenvalue weighted by atomic mass is 32.2. The van der Waals surface area contributed by atoms with Crippen LogP contribution in [0.4, 0.5) is 5.69 Å². The summed E-state index contributed by atoms with van der Waals surface area (Å²) < 4.78 is 0. The second kappa shape index (κ2) is 10.1. The highest BCUT2D eigenvalue weighted by Gasteiger charge is 2.05. The summed E-state index contributed by atoms with van der Waals surface area (Å²) in [5, 5.41) is 2.98. The van der Waals surface area contributed by atoms with Crippen molar-refractivity contribution in [1.82, 2.24) is 4.90 Å². The minimum atomic E-state index is -0.109. The van der Waals surface area contributed by atoms with Crippen LogP contribution in [0.25, 0.3) is 6.08 Å². The molecule has 3 nitrogen and oxygen atoms in total. The standard InChI is InChI=1S/C21H26N2OS/c1-17-9-11-18(12-10-17)13-14-21(24)22-19-7-4-5-8-20(19)25-16-6-15-23(2)3/h4-5,7-14H,6,15-16H2,1-3H3,(H,22,24)/b14-13+. The van der Waals surface area contributed by atoms with E-state index in [1.165, 1.54) is 5.56 Å². The largest absolute Gasteiger partial charge is 0.321 e. The van der Waals surface area contributed by atoms with Crippen LogP contribution in [0.3, 0.4) is 0 Å². The third-order valence-corrected chi connectivity index (χ3v) is 4.82. The molecule has 0 heterocycles. The number of nitrogens with zero attached hydrogens (tertiary/aromatic N) is 1. The molecule has 0 spiro atoms. The van der Waals surface area contributed by atoms with E-state index in [-0.39, 0.29) is 5.91 Å². The zero-order valence-corrected chi connectivity index (χ0v) is 16.0. The maximum atomic E-state index is 12.2. The van der Waals surface area contributed by atoms with Crippen LogP contribution >= 0.6 is 11.8 Å². The van der Waals surface area contributed by atoms with Crippen molar-refractivity contribution in [3.05, 3.63) is 65.7 Å². The molecule has 0 atom stereocenters.